The van der Waals surface area contributed by atoms with E-state index in [1.54, 1.807) is 25.3 Å². The van der Waals surface area contributed by atoms with Crippen LogP contribution in [0.2, 0.25) is 10.0 Å². The van der Waals surface area contributed by atoms with Gasteiger partial charge in [-0.15, -0.1) is 0 Å². The summed E-state index contributed by atoms with van der Waals surface area (Å²) in [7, 11) is 1.57. The lowest BCUT2D eigenvalue weighted by Gasteiger charge is -2.32. The van der Waals surface area contributed by atoms with Gasteiger partial charge in [0.15, 0.2) is 11.5 Å². The Morgan fingerprint density at radius 1 is 1.21 bits per heavy atom. The number of carbonyl (C=O) groups excluding carboxylic acids is 1. The molecule has 0 bridgehead atoms. The molecule has 2 aromatic carbocycles. The summed E-state index contributed by atoms with van der Waals surface area (Å²) < 4.78 is 17.4. The van der Waals surface area contributed by atoms with Crippen molar-refractivity contribution in [2.75, 3.05) is 38.7 Å². The first-order valence-corrected chi connectivity index (χ1v) is 11.3. The molecule has 1 unspecified atom stereocenters. The van der Waals surface area contributed by atoms with Crippen molar-refractivity contribution in [2.45, 2.75) is 19.4 Å². The molecule has 1 saturated heterocycles. The lowest BCUT2D eigenvalue weighted by Crippen LogP contribution is -2.47. The standard InChI is InChI=1S/C23H24Cl2N4O4/c1-3-22(30)29-6-7-32-15(11-29)12-33-21-10-19-16(9-20(21)31-2)23(27-13-26-19)28-14-4-5-17(24)18(25)8-14/h4-5,8-10,13,15H,3,6-7,11-12H2,1-2H3,(H,26,27,28). The molecule has 1 amide bonds. The van der Waals surface area contributed by atoms with E-state index < -0.39 is 0 Å². The molecule has 1 aromatic heterocycles. The van der Waals surface area contributed by atoms with Crippen LogP contribution in [0, 0.1) is 0 Å². The Kier molecular flexibility index (Phi) is 7.37. The normalized spacial score (nSPS) is 16.0. The third-order valence-electron chi connectivity index (χ3n) is 5.32. The number of fused-ring (bicyclic) bond motifs is 1. The molecule has 33 heavy (non-hydrogen) atoms. The average molecular weight is 491 g/mol. The molecular weight excluding hydrogens is 467 g/mol. The van der Waals surface area contributed by atoms with Crippen molar-refractivity contribution in [3.05, 3.63) is 46.7 Å². The zero-order valence-electron chi connectivity index (χ0n) is 18.3. The number of hydrogen-bond donors (Lipinski definition) is 1. The number of benzene rings is 2. The lowest BCUT2D eigenvalue weighted by molar-refractivity contribution is -0.139. The second-order valence-electron chi connectivity index (χ2n) is 7.49. The number of aromatic nitrogens is 2. The minimum atomic E-state index is -0.216. The summed E-state index contributed by atoms with van der Waals surface area (Å²) in [6, 6.07) is 8.87. The molecule has 0 spiro atoms. The van der Waals surface area contributed by atoms with Crippen LogP contribution >= 0.6 is 23.2 Å². The van der Waals surface area contributed by atoms with E-state index >= 15 is 0 Å². The Morgan fingerprint density at radius 2 is 2.06 bits per heavy atom. The van der Waals surface area contributed by atoms with Gasteiger partial charge in [-0.05, 0) is 24.3 Å². The number of anilines is 2. The van der Waals surface area contributed by atoms with Gasteiger partial charge in [0, 0.05) is 30.1 Å². The highest BCUT2D eigenvalue weighted by Crippen LogP contribution is 2.35. The zero-order valence-corrected chi connectivity index (χ0v) is 19.8. The molecule has 4 rings (SSSR count). The summed E-state index contributed by atoms with van der Waals surface area (Å²) in [5, 5.41) is 4.91. The summed E-state index contributed by atoms with van der Waals surface area (Å²) in [5.41, 5.74) is 1.42. The SMILES string of the molecule is CCC(=O)N1CCOC(COc2cc3ncnc(Nc4ccc(Cl)c(Cl)c4)c3cc2OC)C1. The number of methoxy groups -OCH3 is 1. The molecule has 0 radical (unpaired) electrons. The highest BCUT2D eigenvalue weighted by atomic mass is 35.5. The van der Waals surface area contributed by atoms with Crippen LogP contribution in [0.25, 0.3) is 10.9 Å². The predicted molar refractivity (Wildman–Crippen MR) is 128 cm³/mol. The molecule has 0 aliphatic carbocycles. The van der Waals surface area contributed by atoms with Gasteiger partial charge in [-0.2, -0.15) is 0 Å². The minimum absolute atomic E-state index is 0.116. The van der Waals surface area contributed by atoms with Crippen molar-refractivity contribution in [1.82, 2.24) is 14.9 Å². The van der Waals surface area contributed by atoms with Crippen LogP contribution in [0.4, 0.5) is 11.5 Å². The summed E-state index contributed by atoms with van der Waals surface area (Å²) in [6.07, 6.45) is 1.73. The Morgan fingerprint density at radius 3 is 2.82 bits per heavy atom. The number of nitrogens with one attached hydrogen (secondary N) is 1. The van der Waals surface area contributed by atoms with Crippen LogP contribution in [0.5, 0.6) is 11.5 Å². The average Bonchev–Trinajstić information content (AvgIpc) is 2.84. The third kappa shape index (κ3) is 5.40. The van der Waals surface area contributed by atoms with E-state index in [0.717, 1.165) is 11.1 Å². The number of nitrogens with zero attached hydrogens (tertiary/aromatic N) is 3. The maximum atomic E-state index is 12.0. The molecule has 3 aromatic rings. The predicted octanol–water partition coefficient (Wildman–Crippen LogP) is 4.71. The zero-order chi connectivity index (χ0) is 23.4. The highest BCUT2D eigenvalue weighted by Gasteiger charge is 2.24. The van der Waals surface area contributed by atoms with Crippen molar-refractivity contribution in [2.24, 2.45) is 0 Å². The molecule has 0 saturated carbocycles. The van der Waals surface area contributed by atoms with Crippen LogP contribution in [0.1, 0.15) is 13.3 Å². The van der Waals surface area contributed by atoms with Crippen LogP contribution in [-0.2, 0) is 9.53 Å². The molecule has 2 heterocycles. The first kappa shape index (κ1) is 23.4. The van der Waals surface area contributed by atoms with Crippen molar-refractivity contribution in [3.8, 4) is 11.5 Å². The van der Waals surface area contributed by atoms with E-state index in [-0.39, 0.29) is 18.6 Å². The third-order valence-corrected chi connectivity index (χ3v) is 6.06. The smallest absolute Gasteiger partial charge is 0.222 e. The van der Waals surface area contributed by atoms with Gasteiger partial charge in [-0.25, -0.2) is 9.97 Å². The number of amides is 1. The van der Waals surface area contributed by atoms with E-state index in [9.17, 15) is 4.79 Å². The van der Waals surface area contributed by atoms with Crippen LogP contribution in [-0.4, -0.2) is 60.3 Å². The minimum Gasteiger partial charge on any atom is -0.493 e. The van der Waals surface area contributed by atoms with Crippen molar-refractivity contribution in [3.63, 3.8) is 0 Å². The van der Waals surface area contributed by atoms with Gasteiger partial charge >= 0.3 is 0 Å². The first-order valence-electron chi connectivity index (χ1n) is 10.6. The van der Waals surface area contributed by atoms with Gasteiger partial charge < -0.3 is 24.4 Å². The number of halogens is 2. The molecule has 8 nitrogen and oxygen atoms in total. The summed E-state index contributed by atoms with van der Waals surface area (Å²) in [4.78, 5) is 22.5. The summed E-state index contributed by atoms with van der Waals surface area (Å²) >= 11 is 12.1. The van der Waals surface area contributed by atoms with E-state index in [1.165, 1.54) is 6.33 Å². The monoisotopic (exact) mass is 490 g/mol. The van der Waals surface area contributed by atoms with Crippen LogP contribution in [0.15, 0.2) is 36.7 Å². The molecular formula is C23H24Cl2N4O4. The Balaban J connectivity index is 1.54. The van der Waals surface area contributed by atoms with Gasteiger partial charge in [0.25, 0.3) is 0 Å². The van der Waals surface area contributed by atoms with Crippen LogP contribution in [0.3, 0.4) is 0 Å². The largest absolute Gasteiger partial charge is 0.493 e. The quantitative estimate of drug-likeness (QED) is 0.513. The molecule has 10 heteroatoms. The van der Waals surface area contributed by atoms with Crippen molar-refractivity contribution in [1.29, 1.82) is 0 Å². The number of carbonyl (C=O) groups is 1. The topological polar surface area (TPSA) is 85.8 Å². The second kappa shape index (κ2) is 10.4. The Bertz CT molecular complexity index is 1160. The maximum Gasteiger partial charge on any atom is 0.222 e. The summed E-state index contributed by atoms with van der Waals surface area (Å²) in [5.74, 6) is 1.77. The maximum absolute atomic E-state index is 12.0. The first-order chi connectivity index (χ1) is 16.0. The van der Waals surface area contributed by atoms with E-state index in [4.69, 9.17) is 37.4 Å². The fourth-order valence-electron chi connectivity index (χ4n) is 3.60. The lowest BCUT2D eigenvalue weighted by atomic mass is 10.2. The molecule has 1 aliphatic rings. The van der Waals surface area contributed by atoms with Gasteiger partial charge in [-0.1, -0.05) is 30.1 Å². The molecule has 174 valence electrons. The second-order valence-corrected chi connectivity index (χ2v) is 8.31. The molecule has 1 N–H and O–H groups in total. The fraction of sp³-hybridized carbons (Fsp3) is 0.348. The van der Waals surface area contributed by atoms with Gasteiger partial charge in [0.05, 0.1) is 35.8 Å². The number of ether oxygens (including phenoxy) is 3. The van der Waals surface area contributed by atoms with Gasteiger partial charge in [0.2, 0.25) is 5.91 Å². The van der Waals surface area contributed by atoms with Crippen molar-refractivity contribution < 1.29 is 19.0 Å². The van der Waals surface area contributed by atoms with E-state index in [1.807, 2.05) is 24.0 Å². The number of rotatable bonds is 7. The highest BCUT2D eigenvalue weighted by molar-refractivity contribution is 6.42. The van der Waals surface area contributed by atoms with Crippen molar-refractivity contribution >= 4 is 51.5 Å². The van der Waals surface area contributed by atoms with Crippen LogP contribution < -0.4 is 14.8 Å². The Labute approximate surface area is 201 Å². The molecule has 1 atom stereocenters. The molecule has 1 aliphatic heterocycles. The van der Waals surface area contributed by atoms with Gasteiger partial charge in [-0.3, -0.25) is 4.79 Å². The number of hydrogen-bond acceptors (Lipinski definition) is 7. The Hall–Kier alpha value is -2.81. The summed E-state index contributed by atoms with van der Waals surface area (Å²) in [6.45, 7) is 3.74. The number of morpholine rings is 1. The van der Waals surface area contributed by atoms with E-state index in [0.29, 0.717) is 59.0 Å². The molecule has 1 fully saturated rings. The van der Waals surface area contributed by atoms with E-state index in [2.05, 4.69) is 15.3 Å². The van der Waals surface area contributed by atoms with Gasteiger partial charge in [0.1, 0.15) is 24.9 Å². The fourth-order valence-corrected chi connectivity index (χ4v) is 3.90.